The topological polar surface area (TPSA) is 137 Å². The molecule has 9 nitrogen and oxygen atoms in total. The first-order valence-electron chi connectivity index (χ1n) is 10.3. The first-order chi connectivity index (χ1) is 19.2. The molecule has 0 spiro atoms. The van der Waals surface area contributed by atoms with Crippen molar-refractivity contribution in [2.24, 2.45) is 4.99 Å². The Kier molecular flexibility index (Phi) is 11.2. The van der Waals surface area contributed by atoms with Gasteiger partial charge in [0.25, 0.3) is 0 Å². The van der Waals surface area contributed by atoms with Gasteiger partial charge in [0.05, 0.1) is 22.2 Å². The lowest BCUT2D eigenvalue weighted by Crippen LogP contribution is -2.56. The fourth-order valence-electron chi connectivity index (χ4n) is 2.33. The van der Waals surface area contributed by atoms with Crippen molar-refractivity contribution in [3.63, 3.8) is 0 Å². The Bertz CT molecular complexity index is 1300. The van der Waals surface area contributed by atoms with E-state index in [1.165, 1.54) is 0 Å². The lowest BCUT2D eigenvalue weighted by molar-refractivity contribution is -0.347. The minimum Gasteiger partial charge on any atom is -0.477 e. The third-order valence-electron chi connectivity index (χ3n) is 4.54. The van der Waals surface area contributed by atoms with Gasteiger partial charge in [-0.05, 0) is 28.1 Å². The number of nitrogens with one attached hydrogen (secondary N) is 2. The average Bonchev–Trinajstić information content (AvgIpc) is 3.38. The van der Waals surface area contributed by atoms with E-state index in [0.29, 0.717) is 0 Å². The van der Waals surface area contributed by atoms with Crippen LogP contribution in [0.4, 0.5) is 67.2 Å². The molecule has 0 radical (unpaired) electrons. The third kappa shape index (κ3) is 8.01. The number of benzene rings is 1. The molecular formula is C19H12BrF14N5O4. The van der Waals surface area contributed by atoms with Crippen molar-refractivity contribution in [2.45, 2.75) is 36.0 Å². The van der Waals surface area contributed by atoms with Gasteiger partial charge >= 0.3 is 48.0 Å². The highest BCUT2D eigenvalue weighted by molar-refractivity contribution is 9.10. The molecule has 43 heavy (non-hydrogen) atoms. The van der Waals surface area contributed by atoms with Crippen LogP contribution in [0.25, 0.3) is 11.0 Å². The van der Waals surface area contributed by atoms with Crippen molar-refractivity contribution in [2.75, 3.05) is 18.4 Å². The number of aliphatic imine (C=N–C) groups is 1. The molecule has 1 aromatic carbocycles. The zero-order valence-electron chi connectivity index (χ0n) is 19.9. The Balaban J connectivity index is 0.000000329. The molecule has 0 bridgehead atoms. The Morgan fingerprint density at radius 3 is 1.56 bits per heavy atom. The van der Waals surface area contributed by atoms with Gasteiger partial charge < -0.3 is 20.8 Å². The van der Waals surface area contributed by atoms with Gasteiger partial charge in [0.1, 0.15) is 5.52 Å². The van der Waals surface area contributed by atoms with Gasteiger partial charge in [0, 0.05) is 18.9 Å². The quantitative estimate of drug-likeness (QED) is 0.295. The molecule has 0 unspecified atom stereocenters. The Labute approximate surface area is 236 Å². The first kappa shape index (κ1) is 37.3. The molecule has 1 aliphatic heterocycles. The summed E-state index contributed by atoms with van der Waals surface area (Å²) in [6, 6.07) is 3.90. The zero-order valence-corrected chi connectivity index (χ0v) is 21.5. The molecule has 0 atom stereocenters. The van der Waals surface area contributed by atoms with Crippen LogP contribution in [-0.2, 0) is 9.59 Å². The predicted molar refractivity (Wildman–Crippen MR) is 118 cm³/mol. The Morgan fingerprint density at radius 2 is 1.21 bits per heavy atom. The second-order valence-electron chi connectivity index (χ2n) is 7.54. The standard InChI is InChI=1S/C11H10BrN5.2C4HF7O2/c12-9-7(17-11-15-5-6-16-11)1-2-8-10(9)14-4-3-13-8;2*5-2(6,1(12)13)3(7,8)4(9,10)11/h1-4H,5-6H2,(H2,15,16,17);2*(H,12,13). The van der Waals surface area contributed by atoms with Crippen LogP contribution in [-0.4, -0.2) is 87.2 Å². The molecule has 0 aliphatic carbocycles. The highest BCUT2D eigenvalue weighted by Gasteiger charge is 2.77. The lowest BCUT2D eigenvalue weighted by atomic mass is 10.1. The van der Waals surface area contributed by atoms with E-state index < -0.39 is 48.0 Å². The van der Waals surface area contributed by atoms with Crippen LogP contribution in [0.15, 0.2) is 34.0 Å². The highest BCUT2D eigenvalue weighted by Crippen LogP contribution is 2.47. The summed E-state index contributed by atoms with van der Waals surface area (Å²) in [6.45, 7) is 1.70. The van der Waals surface area contributed by atoms with Crippen molar-refractivity contribution in [3.8, 4) is 0 Å². The number of hydrogen-bond acceptors (Lipinski definition) is 7. The fraction of sp³-hybridized carbons (Fsp3) is 0.421. The predicted octanol–water partition coefficient (Wildman–Crippen LogP) is 5.57. The molecule has 0 fully saturated rings. The summed E-state index contributed by atoms with van der Waals surface area (Å²) in [6.07, 6.45) is -9.84. The molecule has 0 saturated heterocycles. The number of aromatic nitrogens is 2. The van der Waals surface area contributed by atoms with Crippen molar-refractivity contribution < 1.29 is 81.3 Å². The maximum atomic E-state index is 11.8. The molecule has 4 N–H and O–H groups in total. The summed E-state index contributed by atoms with van der Waals surface area (Å²) in [5.74, 6) is -31.7. The van der Waals surface area contributed by atoms with Crippen LogP contribution >= 0.6 is 15.9 Å². The van der Waals surface area contributed by atoms with Gasteiger partial charge in [0.15, 0.2) is 5.96 Å². The van der Waals surface area contributed by atoms with Gasteiger partial charge in [-0.1, -0.05) is 0 Å². The molecule has 0 saturated carbocycles. The fourth-order valence-corrected chi connectivity index (χ4v) is 2.87. The Hall–Kier alpha value is -3.73. The van der Waals surface area contributed by atoms with Crippen molar-refractivity contribution in [1.82, 2.24) is 15.3 Å². The van der Waals surface area contributed by atoms with Gasteiger partial charge in [-0.2, -0.15) is 61.5 Å². The third-order valence-corrected chi connectivity index (χ3v) is 5.35. The lowest BCUT2D eigenvalue weighted by Gasteiger charge is -2.24. The van der Waals surface area contributed by atoms with Crippen LogP contribution < -0.4 is 10.6 Å². The van der Waals surface area contributed by atoms with Crippen LogP contribution in [0, 0.1) is 0 Å². The maximum absolute atomic E-state index is 11.8. The number of carboxylic acids is 2. The van der Waals surface area contributed by atoms with Crippen LogP contribution in [0.5, 0.6) is 0 Å². The van der Waals surface area contributed by atoms with Gasteiger partial charge in [-0.15, -0.1) is 0 Å². The molecule has 2 aromatic rings. The average molecular weight is 720 g/mol. The smallest absolute Gasteiger partial charge is 0.460 e. The van der Waals surface area contributed by atoms with Gasteiger partial charge in [-0.3, -0.25) is 15.0 Å². The SMILES string of the molecule is Brc1c(NC2=NCCN2)ccc2nccnc12.O=C(O)C(F)(F)C(F)(F)C(F)(F)F.O=C(O)C(F)(F)C(F)(F)C(F)(F)F. The van der Waals surface area contributed by atoms with E-state index in [1.807, 2.05) is 12.1 Å². The summed E-state index contributed by atoms with van der Waals surface area (Å²) < 4.78 is 162. The van der Waals surface area contributed by atoms with Crippen LogP contribution in [0.3, 0.4) is 0 Å². The number of rotatable bonds is 5. The summed E-state index contributed by atoms with van der Waals surface area (Å²) in [7, 11) is 0. The number of hydrogen-bond donors (Lipinski definition) is 4. The normalized spacial score (nSPS) is 14.4. The highest BCUT2D eigenvalue weighted by atomic mass is 79.9. The van der Waals surface area contributed by atoms with E-state index in [0.717, 1.165) is 40.2 Å². The number of anilines is 1. The number of aliphatic carboxylic acids is 2. The molecular weight excluding hydrogens is 708 g/mol. The maximum Gasteiger partial charge on any atom is 0.460 e. The van der Waals surface area contributed by atoms with E-state index >= 15 is 0 Å². The number of alkyl halides is 14. The summed E-state index contributed by atoms with van der Waals surface area (Å²) in [5.41, 5.74) is 2.65. The van der Waals surface area contributed by atoms with Gasteiger partial charge in [-0.25, -0.2) is 9.59 Å². The minimum atomic E-state index is -6.60. The van der Waals surface area contributed by atoms with E-state index in [4.69, 9.17) is 10.2 Å². The van der Waals surface area contributed by atoms with E-state index in [-0.39, 0.29) is 0 Å². The van der Waals surface area contributed by atoms with Crippen LogP contribution in [0.1, 0.15) is 0 Å². The van der Waals surface area contributed by atoms with Crippen LogP contribution in [0.2, 0.25) is 0 Å². The van der Waals surface area contributed by atoms with E-state index in [1.54, 1.807) is 12.4 Å². The van der Waals surface area contributed by atoms with Crippen molar-refractivity contribution in [3.05, 3.63) is 29.0 Å². The van der Waals surface area contributed by atoms with Crippen molar-refractivity contribution >= 4 is 50.5 Å². The molecule has 2 heterocycles. The molecule has 0 amide bonds. The molecule has 1 aromatic heterocycles. The van der Waals surface area contributed by atoms with E-state index in [9.17, 15) is 71.1 Å². The molecule has 3 rings (SSSR count). The first-order valence-corrected chi connectivity index (χ1v) is 11.1. The summed E-state index contributed by atoms with van der Waals surface area (Å²) >= 11 is 3.54. The molecule has 24 heteroatoms. The number of nitrogens with zero attached hydrogens (tertiary/aromatic N) is 3. The number of fused-ring (bicyclic) bond motifs is 1. The summed E-state index contributed by atoms with van der Waals surface area (Å²) in [4.78, 5) is 31.6. The summed E-state index contributed by atoms with van der Waals surface area (Å²) in [5, 5.41) is 21.2. The molecule has 1 aliphatic rings. The number of halogens is 15. The largest absolute Gasteiger partial charge is 0.477 e. The van der Waals surface area contributed by atoms with Gasteiger partial charge in [0.2, 0.25) is 0 Å². The van der Waals surface area contributed by atoms with Crippen molar-refractivity contribution in [1.29, 1.82) is 0 Å². The number of guanidine groups is 1. The minimum absolute atomic E-state index is 0.800. The van der Waals surface area contributed by atoms with E-state index in [2.05, 4.69) is 41.5 Å². The number of carbonyl (C=O) groups is 2. The zero-order chi connectivity index (χ0) is 33.8. The molecule has 242 valence electrons. The second kappa shape index (κ2) is 12.9. The monoisotopic (exact) mass is 719 g/mol. The Morgan fingerprint density at radius 1 is 0.767 bits per heavy atom. The second-order valence-corrected chi connectivity index (χ2v) is 8.33. The number of carboxylic acid groups (broad SMARTS) is 2.